The average Bonchev–Trinajstić information content (AvgIpc) is 3.59. The number of pyridine rings is 2. The van der Waals surface area contributed by atoms with Crippen LogP contribution >= 0.6 is 0 Å². The van der Waals surface area contributed by atoms with E-state index in [0.717, 1.165) is 4.68 Å². The van der Waals surface area contributed by atoms with Crippen LogP contribution in [0.5, 0.6) is 11.6 Å². The Morgan fingerprint density at radius 3 is 2.17 bits per heavy atom. The van der Waals surface area contributed by atoms with E-state index >= 15 is 0 Å². The molecule has 0 saturated heterocycles. The molecule has 1 aromatic heterocycles. The van der Waals surface area contributed by atoms with Crippen molar-refractivity contribution in [3.8, 4) is 28.7 Å². The van der Waals surface area contributed by atoms with Crippen LogP contribution in [0.15, 0.2) is 69.3 Å². The Hall–Kier alpha value is -6.57. The van der Waals surface area contributed by atoms with Gasteiger partial charge in [-0.3, -0.25) is 28.3 Å². The standard InChI is InChI=1S/C33H26N6O8/c1-17-23(29(41)36(3)27-25(17)31(43)38(34-27)20-10-8-19(9-11-20)33(45)46)6-5-7-24-18(2)26-28(37(4)30(24)42)35-39(32(26)44)21-12-14-22(15-13-21)47-16-40/h5-16,41H,1-4H3,(H,45,46)/b6-5?,24-7-. The average molecular weight is 635 g/mol. The SMILES string of the molecule is Cc1c(C=C/C=c2/c(C)c3c(n(C)c2=O)=NN(c2ccc(OC=O)cc2)C3=O)c(O)n(C)c2nn(-c3ccc(C(=O)O)cc3)c(=O)c1-2. The fourth-order valence-corrected chi connectivity index (χ4v) is 5.52. The van der Waals surface area contributed by atoms with Gasteiger partial charge < -0.3 is 14.9 Å². The minimum Gasteiger partial charge on any atom is -0.494 e. The molecular formula is C33H26N6O8. The van der Waals surface area contributed by atoms with Crippen molar-refractivity contribution in [3.05, 3.63) is 114 Å². The Kier molecular flexibility index (Phi) is 7.40. The van der Waals surface area contributed by atoms with E-state index in [9.17, 15) is 34.2 Å². The molecule has 236 valence electrons. The van der Waals surface area contributed by atoms with Gasteiger partial charge in [0.2, 0.25) is 0 Å². The topological polar surface area (TPSA) is 178 Å². The summed E-state index contributed by atoms with van der Waals surface area (Å²) in [4.78, 5) is 62.2. The highest BCUT2D eigenvalue weighted by Gasteiger charge is 2.30. The Balaban J connectivity index is 1.40. The zero-order chi connectivity index (χ0) is 33.7. The van der Waals surface area contributed by atoms with Crippen molar-refractivity contribution in [2.45, 2.75) is 13.8 Å². The molecule has 1 amide bonds. The highest BCUT2D eigenvalue weighted by Crippen LogP contribution is 2.32. The number of hydrogen-bond acceptors (Lipinski definition) is 9. The fourth-order valence-electron chi connectivity index (χ4n) is 5.52. The summed E-state index contributed by atoms with van der Waals surface area (Å²) in [6, 6.07) is 11.8. The molecule has 0 spiro atoms. The Bertz CT molecular complexity index is 2380. The normalized spacial score (nSPS) is 13.0. The number of aromatic carboxylic acids is 1. The number of carboxylic acids is 1. The number of benzene rings is 2. The summed E-state index contributed by atoms with van der Waals surface area (Å²) in [6.45, 7) is 3.60. The number of carbonyl (C=O) groups is 3. The van der Waals surface area contributed by atoms with Gasteiger partial charge in [0.05, 0.1) is 28.1 Å². The van der Waals surface area contributed by atoms with Crippen molar-refractivity contribution in [3.63, 3.8) is 0 Å². The lowest BCUT2D eigenvalue weighted by atomic mass is 10.0. The van der Waals surface area contributed by atoms with Crippen molar-refractivity contribution in [2.24, 2.45) is 19.2 Å². The first-order valence-corrected chi connectivity index (χ1v) is 14.1. The first-order chi connectivity index (χ1) is 22.4. The third kappa shape index (κ3) is 4.88. The molecule has 0 atom stereocenters. The lowest BCUT2D eigenvalue weighted by Gasteiger charge is -2.14. The van der Waals surface area contributed by atoms with Gasteiger partial charge in [-0.05, 0) is 85.7 Å². The maximum atomic E-state index is 13.5. The number of carboxylic acid groups (broad SMARTS) is 1. The number of rotatable bonds is 7. The van der Waals surface area contributed by atoms with Crippen molar-refractivity contribution in [1.82, 2.24) is 18.9 Å². The summed E-state index contributed by atoms with van der Waals surface area (Å²) < 4.78 is 8.58. The zero-order valence-electron chi connectivity index (χ0n) is 25.5. The third-order valence-corrected chi connectivity index (χ3v) is 8.09. The number of fused-ring (bicyclic) bond motifs is 2. The molecule has 2 aromatic carbocycles. The molecule has 6 rings (SSSR count). The van der Waals surface area contributed by atoms with Crippen LogP contribution in [-0.4, -0.2) is 47.5 Å². The van der Waals surface area contributed by atoms with E-state index in [1.807, 2.05) is 0 Å². The maximum absolute atomic E-state index is 13.5. The third-order valence-electron chi connectivity index (χ3n) is 8.09. The van der Waals surface area contributed by atoms with Gasteiger partial charge in [-0.15, -0.1) is 10.2 Å². The smallest absolute Gasteiger partial charge is 0.335 e. The summed E-state index contributed by atoms with van der Waals surface area (Å²) >= 11 is 0. The van der Waals surface area contributed by atoms with Gasteiger partial charge in [-0.2, -0.15) is 9.69 Å². The molecular weight excluding hydrogens is 608 g/mol. The number of ether oxygens (including phenoxy) is 1. The van der Waals surface area contributed by atoms with E-state index in [4.69, 9.17) is 4.74 Å². The van der Waals surface area contributed by atoms with E-state index in [0.29, 0.717) is 40.3 Å². The number of allylic oxidation sites excluding steroid dienone is 1. The van der Waals surface area contributed by atoms with Gasteiger partial charge in [0.25, 0.3) is 23.5 Å². The molecule has 14 nitrogen and oxygen atoms in total. The van der Waals surface area contributed by atoms with E-state index in [2.05, 4.69) is 10.2 Å². The Labute approximate surface area is 265 Å². The lowest BCUT2D eigenvalue weighted by Crippen LogP contribution is -2.44. The number of aromatic nitrogens is 4. The first-order valence-electron chi connectivity index (χ1n) is 14.1. The van der Waals surface area contributed by atoms with Crippen LogP contribution in [0.2, 0.25) is 0 Å². The van der Waals surface area contributed by atoms with Crippen LogP contribution in [0.3, 0.4) is 0 Å². The van der Waals surface area contributed by atoms with Crippen molar-refractivity contribution < 1.29 is 29.3 Å². The molecule has 0 unspecified atom stereocenters. The van der Waals surface area contributed by atoms with E-state index in [1.165, 1.54) is 63.7 Å². The summed E-state index contributed by atoms with van der Waals surface area (Å²) in [6.07, 6.45) is 4.62. The quantitative estimate of drug-likeness (QED) is 0.252. The van der Waals surface area contributed by atoms with Crippen LogP contribution in [0.4, 0.5) is 5.69 Å². The minimum atomic E-state index is -1.10. The summed E-state index contributed by atoms with van der Waals surface area (Å²) in [5.74, 6) is -1.22. The lowest BCUT2D eigenvalue weighted by molar-refractivity contribution is -0.120. The second kappa shape index (κ2) is 11.4. The van der Waals surface area contributed by atoms with Crippen LogP contribution in [0, 0.1) is 13.8 Å². The maximum Gasteiger partial charge on any atom is 0.335 e. The molecule has 4 heterocycles. The van der Waals surface area contributed by atoms with Gasteiger partial charge in [0.1, 0.15) is 5.75 Å². The number of nitrogens with zero attached hydrogens (tertiary/aromatic N) is 6. The second-order valence-corrected chi connectivity index (χ2v) is 10.7. The van der Waals surface area contributed by atoms with Crippen LogP contribution < -0.4 is 31.6 Å². The number of aromatic hydroxyl groups is 1. The molecule has 0 fully saturated rings. The number of hydrogen-bond donors (Lipinski definition) is 2. The van der Waals surface area contributed by atoms with Gasteiger partial charge >= 0.3 is 5.97 Å². The summed E-state index contributed by atoms with van der Waals surface area (Å²) in [5.41, 5.74) is 1.79. The van der Waals surface area contributed by atoms with Crippen molar-refractivity contribution >= 4 is 36.2 Å². The first kappa shape index (κ1) is 30.5. The molecule has 2 N–H and O–H groups in total. The van der Waals surface area contributed by atoms with Crippen LogP contribution in [0.1, 0.15) is 37.4 Å². The van der Waals surface area contributed by atoms with E-state index in [-0.39, 0.29) is 39.1 Å². The number of amides is 1. The molecule has 3 aromatic rings. The van der Waals surface area contributed by atoms with Gasteiger partial charge in [0.15, 0.2) is 17.2 Å². The predicted octanol–water partition coefficient (Wildman–Crippen LogP) is 1.62. The molecule has 47 heavy (non-hydrogen) atoms. The highest BCUT2D eigenvalue weighted by molar-refractivity contribution is 6.08. The molecule has 0 saturated carbocycles. The molecule has 14 heteroatoms. The fraction of sp³-hybridized carbons (Fsp3) is 0.121. The minimum absolute atomic E-state index is 0.0581. The van der Waals surface area contributed by atoms with Gasteiger partial charge in [-0.25, -0.2) is 4.79 Å². The molecule has 3 aliphatic heterocycles. The number of carbonyl (C=O) groups excluding carboxylic acids is 2. The van der Waals surface area contributed by atoms with E-state index in [1.54, 1.807) is 45.2 Å². The zero-order valence-corrected chi connectivity index (χ0v) is 25.5. The Morgan fingerprint density at radius 2 is 1.53 bits per heavy atom. The highest BCUT2D eigenvalue weighted by atomic mass is 16.5. The molecule has 0 aliphatic carbocycles. The largest absolute Gasteiger partial charge is 0.494 e. The predicted molar refractivity (Wildman–Crippen MR) is 169 cm³/mol. The molecule has 0 radical (unpaired) electrons. The van der Waals surface area contributed by atoms with Crippen molar-refractivity contribution in [2.75, 3.05) is 5.01 Å². The second-order valence-electron chi connectivity index (χ2n) is 10.7. The summed E-state index contributed by atoms with van der Waals surface area (Å²) in [5, 5.41) is 30.4. The molecule has 0 bridgehead atoms. The van der Waals surface area contributed by atoms with Gasteiger partial charge in [0, 0.05) is 24.9 Å². The van der Waals surface area contributed by atoms with Crippen LogP contribution in [-0.2, 0) is 18.9 Å². The van der Waals surface area contributed by atoms with E-state index < -0.39 is 23.0 Å². The number of anilines is 1. The van der Waals surface area contributed by atoms with Crippen LogP contribution in [0.25, 0.3) is 29.2 Å². The molecule has 3 aliphatic rings. The van der Waals surface area contributed by atoms with Gasteiger partial charge in [-0.1, -0.05) is 6.08 Å². The van der Waals surface area contributed by atoms with Crippen molar-refractivity contribution in [1.29, 1.82) is 0 Å². The Morgan fingerprint density at radius 1 is 0.872 bits per heavy atom. The monoisotopic (exact) mass is 634 g/mol. The summed E-state index contributed by atoms with van der Waals surface area (Å²) in [7, 11) is 3.06.